The fourth-order valence-corrected chi connectivity index (χ4v) is 5.90. The van der Waals surface area contributed by atoms with Gasteiger partial charge in [-0.05, 0) is 6.92 Å². The first-order valence-corrected chi connectivity index (χ1v) is 13.8. The lowest BCUT2D eigenvalue weighted by atomic mass is 10.0. The SMILES string of the molecule is Cc1cn(C2CC(O)C(COP(=O)(O)OP(=O)([O-])OC3OC(CO)C(O)C(S)C3O)O2)c(=O)[nH]c1=O. The lowest BCUT2D eigenvalue weighted by Crippen LogP contribution is -2.57. The van der Waals surface area contributed by atoms with Crippen molar-refractivity contribution < 1.29 is 62.2 Å². The molecule has 2 aliphatic heterocycles. The molecule has 206 valence electrons. The summed E-state index contributed by atoms with van der Waals surface area (Å²) in [4.78, 5) is 47.5. The maximum atomic E-state index is 12.2. The molecule has 1 aromatic heterocycles. The molecule has 20 heteroatoms. The minimum Gasteiger partial charge on any atom is -0.756 e. The highest BCUT2D eigenvalue weighted by molar-refractivity contribution is 7.81. The standard InChI is InChI=1S/C16H26N2O15P2S/c1-6-3-18(16(24)17-14(6)23)10-2-7(20)9(30-10)5-29-34(25,26)33-35(27,28)32-15-12(22)13(36)11(21)8(4-19)31-15/h3,7-13,15,19-22,36H,2,4-5H2,1H3,(H,25,26)(H,27,28)(H,17,23,24)/p-1. The van der Waals surface area contributed by atoms with Crippen LogP contribution >= 0.6 is 28.3 Å². The summed E-state index contributed by atoms with van der Waals surface area (Å²) in [6, 6.07) is 0. The fraction of sp³-hybridized carbons (Fsp3) is 0.750. The minimum atomic E-state index is -5.71. The Kier molecular flexibility index (Phi) is 9.40. The van der Waals surface area contributed by atoms with E-state index >= 15 is 0 Å². The number of H-pyrrole nitrogens is 1. The molecule has 17 nitrogen and oxygen atoms in total. The third-order valence-electron chi connectivity index (χ3n) is 5.35. The molecular weight excluding hydrogens is 554 g/mol. The predicted molar refractivity (Wildman–Crippen MR) is 117 cm³/mol. The van der Waals surface area contributed by atoms with Crippen LogP contribution in [0.4, 0.5) is 0 Å². The van der Waals surface area contributed by atoms with E-state index in [1.807, 2.05) is 0 Å². The van der Waals surface area contributed by atoms with Crippen LogP contribution in [0.1, 0.15) is 18.2 Å². The molecule has 2 aliphatic rings. The normalized spacial score (nSPS) is 36.3. The van der Waals surface area contributed by atoms with Crippen molar-refractivity contribution in [1.82, 2.24) is 9.55 Å². The molecule has 0 radical (unpaired) electrons. The molecule has 0 aromatic carbocycles. The third kappa shape index (κ3) is 6.92. The van der Waals surface area contributed by atoms with Gasteiger partial charge in [-0.3, -0.25) is 28.0 Å². The Bertz CT molecular complexity index is 1140. The topological polar surface area (TPSA) is 259 Å². The van der Waals surface area contributed by atoms with Crippen molar-refractivity contribution in [2.75, 3.05) is 13.2 Å². The summed E-state index contributed by atoms with van der Waals surface area (Å²) in [6.45, 7) is -0.211. The van der Waals surface area contributed by atoms with Gasteiger partial charge in [-0.1, -0.05) is 0 Å². The maximum Gasteiger partial charge on any atom is 0.478 e. The Hall–Kier alpha value is -0.950. The monoisotopic (exact) mass is 579 g/mol. The lowest BCUT2D eigenvalue weighted by Gasteiger charge is -2.41. The molecular formula is C16H25N2O15P2S-. The zero-order chi connectivity index (χ0) is 27.0. The van der Waals surface area contributed by atoms with Gasteiger partial charge in [0.25, 0.3) is 13.4 Å². The molecule has 2 saturated heterocycles. The zero-order valence-electron chi connectivity index (χ0n) is 18.4. The highest BCUT2D eigenvalue weighted by atomic mass is 32.1. The molecule has 6 N–H and O–H groups in total. The van der Waals surface area contributed by atoms with Crippen LogP contribution in [0.3, 0.4) is 0 Å². The maximum absolute atomic E-state index is 12.2. The van der Waals surface area contributed by atoms with E-state index < -0.39 is 88.4 Å². The summed E-state index contributed by atoms with van der Waals surface area (Å²) in [6.07, 6.45) is -9.40. The van der Waals surface area contributed by atoms with Crippen molar-refractivity contribution in [3.8, 4) is 0 Å². The number of hydrogen-bond donors (Lipinski definition) is 7. The zero-order valence-corrected chi connectivity index (χ0v) is 21.1. The molecule has 0 bridgehead atoms. The molecule has 0 saturated carbocycles. The number of hydrogen-bond acceptors (Lipinski definition) is 15. The van der Waals surface area contributed by atoms with Crippen LogP contribution in [0.5, 0.6) is 0 Å². The van der Waals surface area contributed by atoms with Crippen molar-refractivity contribution >= 4 is 28.3 Å². The number of nitrogens with one attached hydrogen (secondary N) is 1. The van der Waals surface area contributed by atoms with Gasteiger partial charge >= 0.3 is 13.5 Å². The molecule has 1 aromatic rings. The van der Waals surface area contributed by atoms with Crippen LogP contribution in [0, 0.1) is 6.92 Å². The van der Waals surface area contributed by atoms with E-state index in [2.05, 4.69) is 31.0 Å². The number of aromatic nitrogens is 2. The number of nitrogens with zero attached hydrogens (tertiary/aromatic N) is 1. The van der Waals surface area contributed by atoms with Gasteiger partial charge in [0.1, 0.15) is 24.5 Å². The van der Waals surface area contributed by atoms with Gasteiger partial charge in [0, 0.05) is 18.2 Å². The summed E-state index contributed by atoms with van der Waals surface area (Å²) in [5.74, 6) is 0. The number of ether oxygens (including phenoxy) is 2. The first-order chi connectivity index (χ1) is 16.6. The highest BCUT2D eigenvalue weighted by Crippen LogP contribution is 2.59. The Labute approximate surface area is 207 Å². The second-order valence-electron chi connectivity index (χ2n) is 8.01. The van der Waals surface area contributed by atoms with E-state index in [0.29, 0.717) is 0 Å². The highest BCUT2D eigenvalue weighted by Gasteiger charge is 2.46. The molecule has 0 spiro atoms. The van der Waals surface area contributed by atoms with E-state index in [-0.39, 0.29) is 12.0 Å². The number of aliphatic hydroxyl groups is 4. The summed E-state index contributed by atoms with van der Waals surface area (Å²) in [5, 5.41) is 37.9. The van der Waals surface area contributed by atoms with E-state index in [4.69, 9.17) is 9.47 Å². The number of aryl methyl sites for hydroxylation is 1. The molecule has 2 fully saturated rings. The summed E-state index contributed by atoms with van der Waals surface area (Å²) < 4.78 is 48.7. The van der Waals surface area contributed by atoms with Crippen LogP contribution in [0.2, 0.25) is 0 Å². The van der Waals surface area contributed by atoms with Crippen LogP contribution in [0.15, 0.2) is 15.8 Å². The van der Waals surface area contributed by atoms with Crippen molar-refractivity contribution in [2.24, 2.45) is 0 Å². The van der Waals surface area contributed by atoms with Crippen molar-refractivity contribution in [1.29, 1.82) is 0 Å². The summed E-state index contributed by atoms with van der Waals surface area (Å²) >= 11 is 3.89. The van der Waals surface area contributed by atoms with Gasteiger partial charge in [0.05, 0.1) is 30.7 Å². The largest absolute Gasteiger partial charge is 0.756 e. The van der Waals surface area contributed by atoms with Gasteiger partial charge in [-0.2, -0.15) is 12.6 Å². The van der Waals surface area contributed by atoms with Crippen molar-refractivity contribution in [3.05, 3.63) is 32.6 Å². The Morgan fingerprint density at radius 1 is 1.22 bits per heavy atom. The second kappa shape index (κ2) is 11.4. The molecule has 3 rings (SSSR count). The van der Waals surface area contributed by atoms with E-state index in [9.17, 15) is 48.9 Å². The van der Waals surface area contributed by atoms with E-state index in [1.165, 1.54) is 13.1 Å². The first-order valence-electron chi connectivity index (χ1n) is 10.3. The molecule has 0 amide bonds. The fourth-order valence-electron chi connectivity index (χ4n) is 3.45. The molecule has 10 unspecified atom stereocenters. The number of aliphatic hydroxyl groups excluding tert-OH is 4. The molecule has 0 aliphatic carbocycles. The average molecular weight is 579 g/mol. The molecule has 36 heavy (non-hydrogen) atoms. The number of aromatic amines is 1. The molecule has 3 heterocycles. The van der Waals surface area contributed by atoms with Crippen LogP contribution in [0.25, 0.3) is 0 Å². The van der Waals surface area contributed by atoms with E-state index in [1.54, 1.807) is 0 Å². The van der Waals surface area contributed by atoms with Gasteiger partial charge in [0.2, 0.25) is 0 Å². The number of rotatable bonds is 9. The summed E-state index contributed by atoms with van der Waals surface area (Å²) in [7, 11) is -11.1. The lowest BCUT2D eigenvalue weighted by molar-refractivity contribution is -0.278. The Morgan fingerprint density at radius 3 is 2.53 bits per heavy atom. The van der Waals surface area contributed by atoms with Crippen LogP contribution < -0.4 is 16.1 Å². The number of phosphoric acid groups is 2. The van der Waals surface area contributed by atoms with Crippen molar-refractivity contribution in [2.45, 2.75) is 61.6 Å². The van der Waals surface area contributed by atoms with Crippen LogP contribution in [-0.2, 0) is 32.0 Å². The van der Waals surface area contributed by atoms with Crippen LogP contribution in [-0.4, -0.2) is 90.1 Å². The molecule has 10 atom stereocenters. The quantitative estimate of drug-likeness (QED) is 0.113. The van der Waals surface area contributed by atoms with Gasteiger partial charge in [0.15, 0.2) is 6.29 Å². The minimum absolute atomic E-state index is 0.168. The Morgan fingerprint density at radius 2 is 1.89 bits per heavy atom. The average Bonchev–Trinajstić information content (AvgIpc) is 3.14. The number of phosphoric ester groups is 2. The van der Waals surface area contributed by atoms with Gasteiger partial charge in [-0.25, -0.2) is 13.7 Å². The van der Waals surface area contributed by atoms with Gasteiger partial charge in [-0.15, -0.1) is 0 Å². The van der Waals surface area contributed by atoms with E-state index in [0.717, 1.165) is 4.57 Å². The second-order valence-corrected chi connectivity index (χ2v) is 11.6. The first kappa shape index (κ1) is 29.6. The Balaban J connectivity index is 1.59. The van der Waals surface area contributed by atoms with Gasteiger partial charge < -0.3 is 39.7 Å². The number of thiol groups is 1. The smallest absolute Gasteiger partial charge is 0.478 e. The van der Waals surface area contributed by atoms with Crippen molar-refractivity contribution in [3.63, 3.8) is 0 Å². The predicted octanol–water partition coefficient (Wildman–Crippen LogP) is -3.15. The third-order valence-corrected chi connectivity index (χ3v) is 8.52. The summed E-state index contributed by atoms with van der Waals surface area (Å²) in [5.41, 5.74) is -1.25.